The molecule has 7 heteroatoms. The number of benzene rings is 1. The summed E-state index contributed by atoms with van der Waals surface area (Å²) in [5.74, 6) is -0.259. The summed E-state index contributed by atoms with van der Waals surface area (Å²) in [5, 5.41) is 0.196. The van der Waals surface area contributed by atoms with Gasteiger partial charge in [-0.3, -0.25) is 0 Å². The third kappa shape index (κ3) is 2.94. The van der Waals surface area contributed by atoms with Gasteiger partial charge in [-0.05, 0) is 25.0 Å². The quantitative estimate of drug-likeness (QED) is 0.804. The van der Waals surface area contributed by atoms with Gasteiger partial charge in [0.1, 0.15) is 11.2 Å². The molecule has 104 valence electrons. The number of nitrogens with zero attached hydrogens (tertiary/aromatic N) is 1. The van der Waals surface area contributed by atoms with E-state index < -0.39 is 10.0 Å². The summed E-state index contributed by atoms with van der Waals surface area (Å²) in [6.45, 7) is 0.571. The van der Waals surface area contributed by atoms with E-state index in [1.54, 1.807) is 6.07 Å². The van der Waals surface area contributed by atoms with E-state index in [-0.39, 0.29) is 27.4 Å². The molecule has 2 rings (SSSR count). The summed E-state index contributed by atoms with van der Waals surface area (Å²) in [5.41, 5.74) is 0. The first-order valence-electron chi connectivity index (χ1n) is 5.86. The van der Waals surface area contributed by atoms with E-state index in [4.69, 9.17) is 23.2 Å². The predicted molar refractivity (Wildman–Crippen MR) is 74.0 cm³/mol. The molecule has 19 heavy (non-hydrogen) atoms. The Morgan fingerprint density at radius 1 is 1.26 bits per heavy atom. The number of aldehydes is 1. The summed E-state index contributed by atoms with van der Waals surface area (Å²) in [6.07, 6.45) is 2.17. The second kappa shape index (κ2) is 5.79. The lowest BCUT2D eigenvalue weighted by Gasteiger charge is -2.29. The third-order valence-corrected chi connectivity index (χ3v) is 5.95. The van der Waals surface area contributed by atoms with E-state index in [1.165, 1.54) is 16.4 Å². The van der Waals surface area contributed by atoms with Crippen LogP contribution in [0.2, 0.25) is 10.0 Å². The van der Waals surface area contributed by atoms with E-state index in [0.29, 0.717) is 19.4 Å². The molecule has 1 aromatic carbocycles. The van der Waals surface area contributed by atoms with Crippen LogP contribution in [0.4, 0.5) is 0 Å². The fraction of sp³-hybridized carbons (Fsp3) is 0.417. The molecule has 1 unspecified atom stereocenters. The Morgan fingerprint density at radius 3 is 2.47 bits per heavy atom. The summed E-state index contributed by atoms with van der Waals surface area (Å²) in [7, 11) is -3.76. The second-order valence-electron chi connectivity index (χ2n) is 4.45. The smallest absolute Gasteiger partial charge is 0.246 e. The van der Waals surface area contributed by atoms with E-state index in [1.807, 2.05) is 0 Å². The Hall–Kier alpha value is -0.620. The molecular formula is C12H13Cl2NO3S. The van der Waals surface area contributed by atoms with Gasteiger partial charge in [-0.2, -0.15) is 4.31 Å². The molecule has 0 aliphatic carbocycles. The molecule has 1 saturated heterocycles. The summed E-state index contributed by atoms with van der Waals surface area (Å²) < 4.78 is 26.3. The minimum atomic E-state index is -3.76. The van der Waals surface area contributed by atoms with Gasteiger partial charge in [0.15, 0.2) is 0 Å². The number of hydrogen-bond donors (Lipinski definition) is 0. The highest BCUT2D eigenvalue weighted by Crippen LogP contribution is 2.33. The zero-order valence-corrected chi connectivity index (χ0v) is 12.4. The standard InChI is InChI=1S/C12H13Cl2NO3S/c13-10-4-1-5-11(14)12(10)19(17,18)15-6-2-3-9(7-15)8-16/h1,4-5,8-9H,2-3,6-7H2. The molecule has 1 aliphatic heterocycles. The molecule has 0 saturated carbocycles. The highest BCUT2D eigenvalue weighted by Gasteiger charge is 2.32. The number of carbonyl (C=O) groups is 1. The summed E-state index contributed by atoms with van der Waals surface area (Å²) >= 11 is 11.9. The van der Waals surface area contributed by atoms with E-state index in [0.717, 1.165) is 6.29 Å². The highest BCUT2D eigenvalue weighted by molar-refractivity contribution is 7.89. The van der Waals surface area contributed by atoms with Crippen molar-refractivity contribution in [2.24, 2.45) is 5.92 Å². The lowest BCUT2D eigenvalue weighted by atomic mass is 10.0. The normalized spacial score (nSPS) is 21.3. The largest absolute Gasteiger partial charge is 0.303 e. The second-order valence-corrected chi connectivity index (χ2v) is 7.14. The molecule has 4 nitrogen and oxygen atoms in total. The number of hydrogen-bond acceptors (Lipinski definition) is 3. The van der Waals surface area contributed by atoms with Gasteiger partial charge in [-0.15, -0.1) is 0 Å². The molecule has 1 heterocycles. The Morgan fingerprint density at radius 2 is 1.89 bits per heavy atom. The van der Waals surface area contributed by atoms with Gasteiger partial charge in [-0.25, -0.2) is 8.42 Å². The van der Waals surface area contributed by atoms with Crippen LogP contribution in [0.3, 0.4) is 0 Å². The van der Waals surface area contributed by atoms with Gasteiger partial charge in [0.2, 0.25) is 10.0 Å². The van der Waals surface area contributed by atoms with Gasteiger partial charge >= 0.3 is 0 Å². The van der Waals surface area contributed by atoms with Crippen LogP contribution in [-0.2, 0) is 14.8 Å². The SMILES string of the molecule is O=CC1CCCN(S(=O)(=O)c2c(Cl)cccc2Cl)C1. The molecule has 0 spiro atoms. The average molecular weight is 322 g/mol. The van der Waals surface area contributed by atoms with Gasteiger partial charge in [0.05, 0.1) is 10.0 Å². The molecule has 1 aliphatic rings. The van der Waals surface area contributed by atoms with Crippen molar-refractivity contribution in [2.45, 2.75) is 17.7 Å². The molecule has 0 aromatic heterocycles. The summed E-state index contributed by atoms with van der Waals surface area (Å²) in [4.78, 5) is 10.8. The molecule has 0 N–H and O–H groups in total. The Bertz CT molecular complexity index is 568. The number of piperidine rings is 1. The Kier molecular flexibility index (Phi) is 4.50. The van der Waals surface area contributed by atoms with Crippen LogP contribution >= 0.6 is 23.2 Å². The van der Waals surface area contributed by atoms with Crippen LogP contribution in [0.1, 0.15) is 12.8 Å². The average Bonchev–Trinajstić information content (AvgIpc) is 2.38. The lowest BCUT2D eigenvalue weighted by Crippen LogP contribution is -2.40. The molecule has 0 bridgehead atoms. The molecule has 1 atom stereocenters. The maximum atomic E-state index is 12.5. The third-order valence-electron chi connectivity index (χ3n) is 3.13. The zero-order valence-electron chi connectivity index (χ0n) is 10.1. The Balaban J connectivity index is 2.40. The van der Waals surface area contributed by atoms with Crippen molar-refractivity contribution in [2.75, 3.05) is 13.1 Å². The number of carbonyl (C=O) groups excluding carboxylic acids is 1. The van der Waals surface area contributed by atoms with Gasteiger partial charge in [0.25, 0.3) is 0 Å². The van der Waals surface area contributed by atoms with Crippen LogP contribution in [0.15, 0.2) is 23.1 Å². The van der Waals surface area contributed by atoms with Crippen molar-refractivity contribution in [1.82, 2.24) is 4.31 Å². The fourth-order valence-electron chi connectivity index (χ4n) is 2.16. The lowest BCUT2D eigenvalue weighted by molar-refractivity contribution is -0.112. The predicted octanol–water partition coefficient (Wildman–Crippen LogP) is 2.59. The van der Waals surface area contributed by atoms with Crippen LogP contribution in [0, 0.1) is 5.92 Å². The maximum Gasteiger partial charge on any atom is 0.246 e. The van der Waals surface area contributed by atoms with E-state index >= 15 is 0 Å². The first-order chi connectivity index (χ1) is 8.96. The van der Waals surface area contributed by atoms with Gasteiger partial charge < -0.3 is 4.79 Å². The molecule has 0 amide bonds. The minimum Gasteiger partial charge on any atom is -0.303 e. The van der Waals surface area contributed by atoms with Crippen LogP contribution in [-0.4, -0.2) is 32.1 Å². The van der Waals surface area contributed by atoms with Gasteiger partial charge in [-0.1, -0.05) is 29.3 Å². The first kappa shape index (κ1) is 14.8. The van der Waals surface area contributed by atoms with Crippen molar-refractivity contribution in [3.63, 3.8) is 0 Å². The van der Waals surface area contributed by atoms with Crippen molar-refractivity contribution >= 4 is 39.5 Å². The van der Waals surface area contributed by atoms with E-state index in [9.17, 15) is 13.2 Å². The zero-order chi connectivity index (χ0) is 14.0. The monoisotopic (exact) mass is 321 g/mol. The van der Waals surface area contributed by atoms with E-state index in [2.05, 4.69) is 0 Å². The summed E-state index contributed by atoms with van der Waals surface area (Å²) in [6, 6.07) is 4.57. The molecule has 0 radical (unpaired) electrons. The topological polar surface area (TPSA) is 54.5 Å². The fourth-order valence-corrected chi connectivity index (χ4v) is 4.79. The van der Waals surface area contributed by atoms with Crippen molar-refractivity contribution in [1.29, 1.82) is 0 Å². The highest BCUT2D eigenvalue weighted by atomic mass is 35.5. The first-order valence-corrected chi connectivity index (χ1v) is 8.06. The van der Waals surface area contributed by atoms with Crippen molar-refractivity contribution < 1.29 is 13.2 Å². The Labute approximate surface area is 122 Å². The van der Waals surface area contributed by atoms with Crippen LogP contribution < -0.4 is 0 Å². The van der Waals surface area contributed by atoms with Crippen molar-refractivity contribution in [3.05, 3.63) is 28.2 Å². The van der Waals surface area contributed by atoms with Crippen molar-refractivity contribution in [3.8, 4) is 0 Å². The molecule has 1 aromatic rings. The van der Waals surface area contributed by atoms with Gasteiger partial charge in [0, 0.05) is 19.0 Å². The maximum absolute atomic E-state index is 12.5. The van der Waals surface area contributed by atoms with Crippen LogP contribution in [0.5, 0.6) is 0 Å². The molecule has 1 fully saturated rings. The number of rotatable bonds is 3. The number of halogens is 2. The molecular weight excluding hydrogens is 309 g/mol. The van der Waals surface area contributed by atoms with Crippen LogP contribution in [0.25, 0.3) is 0 Å². The number of sulfonamides is 1. The minimum absolute atomic E-state index is 0.0788.